The molecule has 3 aromatic rings. The van der Waals surface area contributed by atoms with Crippen molar-refractivity contribution in [2.24, 2.45) is 0 Å². The molecule has 0 aliphatic rings. The number of H-pyrrole nitrogens is 1. The van der Waals surface area contributed by atoms with Gasteiger partial charge in [0.05, 0.1) is 16.6 Å². The number of fused-ring (bicyclic) bond motifs is 1. The average Bonchev–Trinajstić information content (AvgIpc) is 2.54. The molecule has 0 spiro atoms. The Bertz CT molecular complexity index is 1070. The van der Waals surface area contributed by atoms with E-state index in [1.54, 1.807) is 31.2 Å². The summed E-state index contributed by atoms with van der Waals surface area (Å²) in [4.78, 5) is 42.1. The van der Waals surface area contributed by atoms with Gasteiger partial charge in [0.1, 0.15) is 0 Å². The topological polar surface area (TPSA) is 105 Å². The van der Waals surface area contributed by atoms with Crippen molar-refractivity contribution >= 4 is 28.6 Å². The standard InChI is InChI=1S/C16H12ClN3O4/c1-2-20-13-12(14(21)19-16(20)24)10(15(22)23)7-11(18-13)8-3-5-9(17)6-4-8/h3-7H,2H2,1H3,(H,22,23)(H,19,21,24). The van der Waals surface area contributed by atoms with Gasteiger partial charge in [-0.1, -0.05) is 23.7 Å². The predicted octanol–water partition coefficient (Wildman–Crippen LogP) is 2.12. The monoisotopic (exact) mass is 345 g/mol. The van der Waals surface area contributed by atoms with E-state index in [9.17, 15) is 19.5 Å². The minimum atomic E-state index is -1.27. The fraction of sp³-hybridized carbons (Fsp3) is 0.125. The maximum absolute atomic E-state index is 12.1. The highest BCUT2D eigenvalue weighted by atomic mass is 35.5. The maximum Gasteiger partial charge on any atom is 0.336 e. The number of carboxylic acid groups (broad SMARTS) is 1. The van der Waals surface area contributed by atoms with Gasteiger partial charge in [0.25, 0.3) is 5.56 Å². The highest BCUT2D eigenvalue weighted by Gasteiger charge is 2.19. The zero-order valence-corrected chi connectivity index (χ0v) is 13.3. The molecule has 24 heavy (non-hydrogen) atoms. The first-order valence-electron chi connectivity index (χ1n) is 7.09. The van der Waals surface area contributed by atoms with Gasteiger partial charge in [-0.15, -0.1) is 0 Å². The Balaban J connectivity index is 2.46. The van der Waals surface area contributed by atoms with Crippen molar-refractivity contribution < 1.29 is 9.90 Å². The molecule has 0 aliphatic heterocycles. The zero-order chi connectivity index (χ0) is 17.4. The molecule has 0 atom stereocenters. The Kier molecular flexibility index (Phi) is 3.94. The fourth-order valence-electron chi connectivity index (χ4n) is 2.50. The SMILES string of the molecule is CCn1c(=O)[nH]c(=O)c2c(C(=O)O)cc(-c3ccc(Cl)cc3)nc21. The average molecular weight is 346 g/mol. The van der Waals surface area contributed by atoms with Crippen LogP contribution in [0.2, 0.25) is 5.02 Å². The summed E-state index contributed by atoms with van der Waals surface area (Å²) in [5, 5.41) is 9.87. The maximum atomic E-state index is 12.1. The van der Waals surface area contributed by atoms with E-state index in [0.29, 0.717) is 16.3 Å². The number of carbonyl (C=O) groups is 1. The first-order valence-corrected chi connectivity index (χ1v) is 7.47. The van der Waals surface area contributed by atoms with Crippen LogP contribution in [0.25, 0.3) is 22.3 Å². The summed E-state index contributed by atoms with van der Waals surface area (Å²) in [6.45, 7) is 1.94. The Labute approximate surface area is 140 Å². The number of halogens is 1. The largest absolute Gasteiger partial charge is 0.478 e. The molecule has 0 saturated carbocycles. The summed E-state index contributed by atoms with van der Waals surface area (Å²) in [7, 11) is 0. The minimum Gasteiger partial charge on any atom is -0.478 e. The third kappa shape index (κ3) is 2.59. The van der Waals surface area contributed by atoms with Crippen molar-refractivity contribution in [3.8, 4) is 11.3 Å². The molecule has 8 heteroatoms. The summed E-state index contributed by atoms with van der Waals surface area (Å²) in [5.74, 6) is -1.27. The third-order valence-electron chi connectivity index (χ3n) is 3.64. The summed E-state index contributed by atoms with van der Waals surface area (Å²) >= 11 is 5.86. The van der Waals surface area contributed by atoms with Crippen molar-refractivity contribution in [3.05, 3.63) is 61.8 Å². The number of aromatic amines is 1. The van der Waals surface area contributed by atoms with Gasteiger partial charge in [0.15, 0.2) is 5.65 Å². The molecule has 0 radical (unpaired) electrons. The molecule has 0 unspecified atom stereocenters. The molecule has 122 valence electrons. The normalized spacial score (nSPS) is 10.9. The molecule has 0 saturated heterocycles. The first-order chi connectivity index (χ1) is 11.4. The second kappa shape index (κ2) is 5.93. The Morgan fingerprint density at radius 1 is 1.29 bits per heavy atom. The Morgan fingerprint density at radius 2 is 1.96 bits per heavy atom. The van der Waals surface area contributed by atoms with E-state index in [-0.39, 0.29) is 23.1 Å². The highest BCUT2D eigenvalue weighted by molar-refractivity contribution is 6.30. The van der Waals surface area contributed by atoms with Crippen molar-refractivity contribution in [1.29, 1.82) is 0 Å². The molecule has 2 heterocycles. The van der Waals surface area contributed by atoms with E-state index in [0.717, 1.165) is 0 Å². The van der Waals surface area contributed by atoms with Crippen LogP contribution >= 0.6 is 11.6 Å². The summed E-state index contributed by atoms with van der Waals surface area (Å²) in [6, 6.07) is 7.98. The molecular weight excluding hydrogens is 334 g/mol. The number of pyridine rings is 1. The number of benzene rings is 1. The lowest BCUT2D eigenvalue weighted by atomic mass is 10.1. The molecule has 3 rings (SSSR count). The van der Waals surface area contributed by atoms with Crippen molar-refractivity contribution in [2.45, 2.75) is 13.5 Å². The summed E-state index contributed by atoms with van der Waals surface area (Å²) in [5.41, 5.74) is -0.619. The lowest BCUT2D eigenvalue weighted by Crippen LogP contribution is -2.31. The number of aromatic carboxylic acids is 1. The summed E-state index contributed by atoms with van der Waals surface area (Å²) < 4.78 is 1.22. The fourth-order valence-corrected chi connectivity index (χ4v) is 2.63. The van der Waals surface area contributed by atoms with E-state index in [1.807, 2.05) is 0 Å². The second-order valence-electron chi connectivity index (χ2n) is 5.07. The number of hydrogen-bond donors (Lipinski definition) is 2. The molecule has 0 amide bonds. The molecular formula is C16H12ClN3O4. The number of nitrogens with one attached hydrogen (secondary N) is 1. The van der Waals surface area contributed by atoms with Gasteiger partial charge >= 0.3 is 11.7 Å². The lowest BCUT2D eigenvalue weighted by Gasteiger charge is -2.10. The lowest BCUT2D eigenvalue weighted by molar-refractivity contribution is 0.0699. The van der Waals surface area contributed by atoms with Gasteiger partial charge in [-0.3, -0.25) is 14.3 Å². The first kappa shape index (κ1) is 15.9. The van der Waals surface area contributed by atoms with Gasteiger partial charge in [-0.2, -0.15) is 0 Å². The van der Waals surface area contributed by atoms with Crippen LogP contribution in [0.3, 0.4) is 0 Å². The van der Waals surface area contributed by atoms with Crippen LogP contribution in [0.5, 0.6) is 0 Å². The molecule has 0 fully saturated rings. The molecule has 0 aliphatic carbocycles. The van der Waals surface area contributed by atoms with E-state index >= 15 is 0 Å². The smallest absolute Gasteiger partial charge is 0.336 e. The highest BCUT2D eigenvalue weighted by Crippen LogP contribution is 2.24. The van der Waals surface area contributed by atoms with Crippen molar-refractivity contribution in [1.82, 2.24) is 14.5 Å². The van der Waals surface area contributed by atoms with Crippen LogP contribution in [-0.2, 0) is 6.54 Å². The third-order valence-corrected chi connectivity index (χ3v) is 3.89. The van der Waals surface area contributed by atoms with Crippen LogP contribution < -0.4 is 11.2 Å². The van der Waals surface area contributed by atoms with Gasteiger partial charge in [-0.05, 0) is 25.1 Å². The van der Waals surface area contributed by atoms with E-state index in [4.69, 9.17) is 11.6 Å². The molecule has 0 bridgehead atoms. The molecule has 7 nitrogen and oxygen atoms in total. The van der Waals surface area contributed by atoms with Crippen molar-refractivity contribution in [2.75, 3.05) is 0 Å². The summed E-state index contributed by atoms with van der Waals surface area (Å²) in [6.07, 6.45) is 0. The van der Waals surface area contributed by atoms with Crippen LogP contribution in [0.15, 0.2) is 39.9 Å². The van der Waals surface area contributed by atoms with E-state index in [2.05, 4.69) is 9.97 Å². The van der Waals surface area contributed by atoms with Crippen LogP contribution in [0.1, 0.15) is 17.3 Å². The Morgan fingerprint density at radius 3 is 2.54 bits per heavy atom. The van der Waals surface area contributed by atoms with Gasteiger partial charge in [-0.25, -0.2) is 14.6 Å². The number of rotatable bonds is 3. The van der Waals surface area contributed by atoms with Gasteiger partial charge in [0, 0.05) is 17.1 Å². The number of aryl methyl sites for hydroxylation is 1. The molecule has 2 aromatic heterocycles. The van der Waals surface area contributed by atoms with Gasteiger partial charge in [0.2, 0.25) is 0 Å². The number of aromatic nitrogens is 3. The zero-order valence-electron chi connectivity index (χ0n) is 12.5. The number of carboxylic acids is 1. The van der Waals surface area contributed by atoms with E-state index in [1.165, 1.54) is 10.6 Å². The quantitative estimate of drug-likeness (QED) is 0.756. The van der Waals surface area contributed by atoms with Crippen LogP contribution in [0.4, 0.5) is 0 Å². The number of nitrogens with zero attached hydrogens (tertiary/aromatic N) is 2. The van der Waals surface area contributed by atoms with E-state index < -0.39 is 17.2 Å². The van der Waals surface area contributed by atoms with Crippen LogP contribution in [-0.4, -0.2) is 25.6 Å². The number of hydrogen-bond acceptors (Lipinski definition) is 4. The Hall–Kier alpha value is -2.93. The second-order valence-corrected chi connectivity index (χ2v) is 5.51. The van der Waals surface area contributed by atoms with Crippen molar-refractivity contribution in [3.63, 3.8) is 0 Å². The molecule has 1 aromatic carbocycles. The van der Waals surface area contributed by atoms with Crippen LogP contribution in [0, 0.1) is 0 Å². The van der Waals surface area contributed by atoms with Gasteiger partial charge < -0.3 is 5.11 Å². The molecule has 2 N–H and O–H groups in total. The minimum absolute atomic E-state index is 0.0381. The predicted molar refractivity (Wildman–Crippen MR) is 89.7 cm³/mol.